The number of carbonyl (C=O) groups excluding carboxylic acids is 1. The third-order valence-corrected chi connectivity index (χ3v) is 1.86. The highest BCUT2D eigenvalue weighted by Crippen LogP contribution is 2.06. The molecule has 3 heteroatoms. The van der Waals surface area contributed by atoms with Crippen molar-refractivity contribution in [2.24, 2.45) is 5.92 Å². The molecule has 0 bridgehead atoms. The number of carbonyl (C=O) groups is 1. The lowest BCUT2D eigenvalue weighted by Crippen LogP contribution is -2.36. The summed E-state index contributed by atoms with van der Waals surface area (Å²) in [6.07, 6.45) is 0.985. The third-order valence-electron chi connectivity index (χ3n) is 1.86. The van der Waals surface area contributed by atoms with Crippen molar-refractivity contribution in [3.63, 3.8) is 0 Å². The Kier molecular flexibility index (Phi) is 2.88. The molecule has 1 amide bonds. The van der Waals surface area contributed by atoms with E-state index in [9.17, 15) is 4.79 Å². The second-order valence-electron chi connectivity index (χ2n) is 3.35. The first-order chi connectivity index (χ1) is 5.20. The molecule has 11 heavy (non-hydrogen) atoms. The van der Waals surface area contributed by atoms with Crippen molar-refractivity contribution in [1.82, 2.24) is 10.6 Å². The first kappa shape index (κ1) is 8.53. The van der Waals surface area contributed by atoms with E-state index >= 15 is 0 Å². The largest absolute Gasteiger partial charge is 0.354 e. The van der Waals surface area contributed by atoms with Crippen LogP contribution in [0.3, 0.4) is 0 Å². The minimum Gasteiger partial charge on any atom is -0.354 e. The van der Waals surface area contributed by atoms with E-state index in [1.165, 1.54) is 0 Å². The number of nitrogens with one attached hydrogen (secondary N) is 2. The molecule has 1 heterocycles. The normalized spacial score (nSPS) is 24.1. The number of rotatable bonds is 2. The maximum Gasteiger partial charge on any atom is 0.224 e. The van der Waals surface area contributed by atoms with Crippen molar-refractivity contribution in [2.75, 3.05) is 13.1 Å². The maximum absolute atomic E-state index is 11.3. The monoisotopic (exact) mass is 156 g/mol. The Hall–Kier alpha value is -0.570. The van der Waals surface area contributed by atoms with Gasteiger partial charge in [0.15, 0.2) is 0 Å². The van der Waals surface area contributed by atoms with E-state index in [2.05, 4.69) is 10.6 Å². The highest BCUT2D eigenvalue weighted by molar-refractivity contribution is 5.79. The maximum atomic E-state index is 11.3. The smallest absolute Gasteiger partial charge is 0.224 e. The summed E-state index contributed by atoms with van der Waals surface area (Å²) in [5, 5.41) is 6.07. The van der Waals surface area contributed by atoms with Gasteiger partial charge in [-0.15, -0.1) is 0 Å². The quantitative estimate of drug-likeness (QED) is 0.596. The lowest BCUT2D eigenvalue weighted by molar-refractivity contribution is -0.124. The molecule has 1 aliphatic heterocycles. The van der Waals surface area contributed by atoms with Gasteiger partial charge >= 0.3 is 0 Å². The molecule has 64 valence electrons. The van der Waals surface area contributed by atoms with Gasteiger partial charge in [-0.3, -0.25) is 4.79 Å². The summed E-state index contributed by atoms with van der Waals surface area (Å²) >= 11 is 0. The zero-order chi connectivity index (χ0) is 8.27. The Morgan fingerprint density at radius 1 is 1.64 bits per heavy atom. The van der Waals surface area contributed by atoms with Crippen LogP contribution in [0.25, 0.3) is 0 Å². The Morgan fingerprint density at radius 3 is 2.82 bits per heavy atom. The van der Waals surface area contributed by atoms with E-state index in [4.69, 9.17) is 0 Å². The molecule has 0 unspecified atom stereocenters. The lowest BCUT2D eigenvalue weighted by atomic mass is 10.1. The highest BCUT2D eigenvalue weighted by Gasteiger charge is 2.22. The number of hydrogen-bond acceptors (Lipinski definition) is 2. The summed E-state index contributed by atoms with van der Waals surface area (Å²) in [5.41, 5.74) is 0. The van der Waals surface area contributed by atoms with Crippen LogP contribution in [0.5, 0.6) is 0 Å². The van der Waals surface area contributed by atoms with E-state index in [1.54, 1.807) is 0 Å². The fourth-order valence-corrected chi connectivity index (χ4v) is 1.28. The first-order valence-electron chi connectivity index (χ1n) is 4.21. The number of hydrogen-bond donors (Lipinski definition) is 2. The standard InChI is InChI=1S/C8H16N2O/c1-6(2)10-8(11)7-3-4-9-5-7/h6-7,9H,3-5H2,1-2H3,(H,10,11)/t7-/m1/s1. The summed E-state index contributed by atoms with van der Waals surface area (Å²) in [6, 6.07) is 0.267. The van der Waals surface area contributed by atoms with Gasteiger partial charge in [0.2, 0.25) is 5.91 Å². The van der Waals surface area contributed by atoms with Crippen molar-refractivity contribution in [3.8, 4) is 0 Å². The zero-order valence-corrected chi connectivity index (χ0v) is 7.18. The topological polar surface area (TPSA) is 41.1 Å². The summed E-state index contributed by atoms with van der Waals surface area (Å²) in [6.45, 7) is 5.80. The van der Waals surface area contributed by atoms with Crippen LogP contribution < -0.4 is 10.6 Å². The summed E-state index contributed by atoms with van der Waals surface area (Å²) in [7, 11) is 0. The molecule has 0 spiro atoms. The van der Waals surface area contributed by atoms with Crippen molar-refractivity contribution in [2.45, 2.75) is 26.3 Å². The van der Waals surface area contributed by atoms with E-state index in [0.29, 0.717) is 0 Å². The Balaban J connectivity index is 2.28. The van der Waals surface area contributed by atoms with E-state index in [1.807, 2.05) is 13.8 Å². The predicted octanol–water partition coefficient (Wildman–Crippen LogP) is 0.120. The van der Waals surface area contributed by atoms with Crippen LogP contribution in [-0.4, -0.2) is 25.0 Å². The summed E-state index contributed by atoms with van der Waals surface area (Å²) < 4.78 is 0. The fourth-order valence-electron chi connectivity index (χ4n) is 1.28. The van der Waals surface area contributed by atoms with Crippen LogP contribution in [0.15, 0.2) is 0 Å². The van der Waals surface area contributed by atoms with Crippen molar-refractivity contribution >= 4 is 5.91 Å². The molecule has 0 saturated carbocycles. The molecule has 2 N–H and O–H groups in total. The van der Waals surface area contributed by atoms with Gasteiger partial charge in [0.25, 0.3) is 0 Å². The fraction of sp³-hybridized carbons (Fsp3) is 0.875. The molecule has 1 fully saturated rings. The minimum atomic E-state index is 0.199. The second kappa shape index (κ2) is 3.72. The SMILES string of the molecule is CC(C)NC(=O)[C@@H]1CCNC1. The van der Waals surface area contributed by atoms with E-state index in [-0.39, 0.29) is 17.9 Å². The van der Waals surface area contributed by atoms with Gasteiger partial charge in [-0.25, -0.2) is 0 Å². The van der Waals surface area contributed by atoms with Crippen LogP contribution in [0.2, 0.25) is 0 Å². The average Bonchev–Trinajstić information content (AvgIpc) is 2.35. The van der Waals surface area contributed by atoms with Gasteiger partial charge in [0.1, 0.15) is 0 Å². The molecule has 1 rings (SSSR count). The molecule has 1 atom stereocenters. The molecule has 3 nitrogen and oxygen atoms in total. The molecule has 1 aliphatic rings. The van der Waals surface area contributed by atoms with Crippen LogP contribution >= 0.6 is 0 Å². The molecule has 0 aliphatic carbocycles. The zero-order valence-electron chi connectivity index (χ0n) is 7.18. The van der Waals surface area contributed by atoms with Crippen LogP contribution in [0, 0.1) is 5.92 Å². The molecule has 0 aromatic rings. The van der Waals surface area contributed by atoms with E-state index < -0.39 is 0 Å². The summed E-state index contributed by atoms with van der Waals surface area (Å²) in [5.74, 6) is 0.405. The highest BCUT2D eigenvalue weighted by atomic mass is 16.2. The summed E-state index contributed by atoms with van der Waals surface area (Å²) in [4.78, 5) is 11.3. The van der Waals surface area contributed by atoms with Crippen LogP contribution in [-0.2, 0) is 4.79 Å². The molecule has 1 saturated heterocycles. The van der Waals surface area contributed by atoms with Crippen LogP contribution in [0.4, 0.5) is 0 Å². The molecule has 0 aromatic carbocycles. The Bertz CT molecular complexity index is 139. The van der Waals surface area contributed by atoms with Gasteiger partial charge in [0, 0.05) is 12.6 Å². The molecular formula is C8H16N2O. The molecule has 0 aromatic heterocycles. The van der Waals surface area contributed by atoms with Gasteiger partial charge < -0.3 is 10.6 Å². The number of amides is 1. The third kappa shape index (κ3) is 2.50. The van der Waals surface area contributed by atoms with Crippen molar-refractivity contribution in [3.05, 3.63) is 0 Å². The van der Waals surface area contributed by atoms with Gasteiger partial charge in [-0.1, -0.05) is 0 Å². The van der Waals surface area contributed by atoms with E-state index in [0.717, 1.165) is 19.5 Å². The van der Waals surface area contributed by atoms with Gasteiger partial charge in [0.05, 0.1) is 5.92 Å². The second-order valence-corrected chi connectivity index (χ2v) is 3.35. The van der Waals surface area contributed by atoms with Gasteiger partial charge in [-0.2, -0.15) is 0 Å². The Labute approximate surface area is 67.5 Å². The van der Waals surface area contributed by atoms with Gasteiger partial charge in [-0.05, 0) is 26.8 Å². The average molecular weight is 156 g/mol. The van der Waals surface area contributed by atoms with Crippen molar-refractivity contribution < 1.29 is 4.79 Å². The lowest BCUT2D eigenvalue weighted by Gasteiger charge is -2.11. The molecular weight excluding hydrogens is 140 g/mol. The minimum absolute atomic E-state index is 0.199. The Morgan fingerprint density at radius 2 is 2.36 bits per heavy atom. The predicted molar refractivity (Wildman–Crippen MR) is 44.3 cm³/mol. The molecule has 0 radical (unpaired) electrons. The van der Waals surface area contributed by atoms with Crippen molar-refractivity contribution in [1.29, 1.82) is 0 Å². The first-order valence-corrected chi connectivity index (χ1v) is 4.21. The van der Waals surface area contributed by atoms with Crippen LogP contribution in [0.1, 0.15) is 20.3 Å².